The summed E-state index contributed by atoms with van der Waals surface area (Å²) in [6.07, 6.45) is 3.57. The summed E-state index contributed by atoms with van der Waals surface area (Å²) in [5, 5.41) is 3.34. The van der Waals surface area contributed by atoms with Crippen molar-refractivity contribution in [3.8, 4) is 0 Å². The number of benzene rings is 1. The van der Waals surface area contributed by atoms with Crippen LogP contribution in [0.1, 0.15) is 37.0 Å². The molecule has 1 aliphatic heterocycles. The van der Waals surface area contributed by atoms with E-state index in [1.54, 1.807) is 17.4 Å². The normalized spacial score (nSPS) is 16.3. The predicted molar refractivity (Wildman–Crippen MR) is 108 cm³/mol. The Bertz CT molecular complexity index is 753. The van der Waals surface area contributed by atoms with E-state index in [2.05, 4.69) is 31.1 Å². The van der Waals surface area contributed by atoms with E-state index < -0.39 is 0 Å². The molecular weight excluding hydrogens is 342 g/mol. The van der Waals surface area contributed by atoms with Gasteiger partial charge in [0.25, 0.3) is 0 Å². The quantitative estimate of drug-likeness (QED) is 0.769. The van der Waals surface area contributed by atoms with Gasteiger partial charge in [0.2, 0.25) is 5.91 Å². The number of carbonyl (C=O) groups is 1. The second kappa shape index (κ2) is 8.14. The minimum absolute atomic E-state index is 0.0952. The largest absolute Gasteiger partial charge is 0.337 e. The third-order valence-corrected chi connectivity index (χ3v) is 5.41. The maximum Gasteiger partial charge on any atom is 0.246 e. The van der Waals surface area contributed by atoms with Crippen molar-refractivity contribution >= 4 is 23.3 Å². The van der Waals surface area contributed by atoms with Crippen LogP contribution in [0, 0.1) is 0 Å². The van der Waals surface area contributed by atoms with Crippen LogP contribution in [0.15, 0.2) is 41.8 Å². The molecule has 1 amide bonds. The van der Waals surface area contributed by atoms with Crippen LogP contribution in [0.2, 0.25) is 0 Å². The van der Waals surface area contributed by atoms with Gasteiger partial charge in [-0.3, -0.25) is 9.69 Å². The topological polar surface area (TPSA) is 36.4 Å². The average molecular weight is 370 g/mol. The molecule has 1 fully saturated rings. The molecular formula is C21H27N3OS. The molecule has 5 heteroatoms. The van der Waals surface area contributed by atoms with E-state index >= 15 is 0 Å². The lowest BCUT2D eigenvalue weighted by Gasteiger charge is -2.33. The Labute approximate surface area is 160 Å². The molecule has 0 radical (unpaired) electrons. The van der Waals surface area contributed by atoms with Gasteiger partial charge in [-0.25, -0.2) is 4.98 Å². The lowest BCUT2D eigenvalue weighted by Crippen LogP contribution is -2.47. The number of hydrogen-bond acceptors (Lipinski definition) is 4. The van der Waals surface area contributed by atoms with Crippen LogP contribution in [0.3, 0.4) is 0 Å². The molecule has 0 bridgehead atoms. The van der Waals surface area contributed by atoms with Gasteiger partial charge in [0.1, 0.15) is 5.01 Å². The van der Waals surface area contributed by atoms with Gasteiger partial charge in [0.05, 0.1) is 12.2 Å². The summed E-state index contributed by atoms with van der Waals surface area (Å²) in [5.41, 5.74) is 2.32. The number of hydrogen-bond donors (Lipinski definition) is 0. The number of carbonyl (C=O) groups excluding carboxylic acids is 1. The monoisotopic (exact) mass is 369 g/mol. The predicted octanol–water partition coefficient (Wildman–Crippen LogP) is 3.80. The Morgan fingerprint density at radius 2 is 1.85 bits per heavy atom. The van der Waals surface area contributed by atoms with E-state index in [0.29, 0.717) is 0 Å². The highest BCUT2D eigenvalue weighted by Crippen LogP contribution is 2.24. The number of amides is 1. The van der Waals surface area contributed by atoms with Crippen LogP contribution in [0.25, 0.3) is 6.08 Å². The number of aromatic nitrogens is 1. The van der Waals surface area contributed by atoms with E-state index in [4.69, 9.17) is 4.98 Å². The summed E-state index contributed by atoms with van der Waals surface area (Å²) in [5.74, 6) is 0.0952. The zero-order chi connectivity index (χ0) is 18.6. The number of piperazine rings is 1. The molecule has 2 aromatic rings. The number of thiazole rings is 1. The van der Waals surface area contributed by atoms with E-state index in [0.717, 1.165) is 44.0 Å². The molecule has 138 valence electrons. The number of rotatable bonds is 4. The van der Waals surface area contributed by atoms with Gasteiger partial charge in [0, 0.05) is 43.1 Å². The highest BCUT2D eigenvalue weighted by Gasteiger charge is 2.22. The third-order valence-electron chi connectivity index (χ3n) is 4.58. The molecule has 1 aromatic carbocycles. The molecule has 26 heavy (non-hydrogen) atoms. The molecule has 0 saturated carbocycles. The lowest BCUT2D eigenvalue weighted by atomic mass is 9.93. The van der Waals surface area contributed by atoms with Gasteiger partial charge in [-0.1, -0.05) is 51.1 Å². The molecule has 1 saturated heterocycles. The first kappa shape index (κ1) is 18.8. The Morgan fingerprint density at radius 3 is 2.46 bits per heavy atom. The minimum Gasteiger partial charge on any atom is -0.337 e. The first-order chi connectivity index (χ1) is 12.4. The third kappa shape index (κ3) is 5.02. The van der Waals surface area contributed by atoms with Gasteiger partial charge in [-0.2, -0.15) is 0 Å². The second-order valence-electron chi connectivity index (χ2n) is 7.72. The van der Waals surface area contributed by atoms with Gasteiger partial charge >= 0.3 is 0 Å². The van der Waals surface area contributed by atoms with Crippen LogP contribution in [0.5, 0.6) is 0 Å². The fourth-order valence-electron chi connectivity index (χ4n) is 2.88. The van der Waals surface area contributed by atoms with Crippen molar-refractivity contribution in [2.45, 2.75) is 32.7 Å². The molecule has 0 N–H and O–H groups in total. The van der Waals surface area contributed by atoms with Crippen LogP contribution in [-0.2, 0) is 16.8 Å². The second-order valence-corrected chi connectivity index (χ2v) is 8.66. The fourth-order valence-corrected chi connectivity index (χ4v) is 3.94. The lowest BCUT2D eigenvalue weighted by molar-refractivity contribution is -0.127. The van der Waals surface area contributed by atoms with Gasteiger partial charge in [-0.15, -0.1) is 11.3 Å². The van der Waals surface area contributed by atoms with Crippen LogP contribution in [0.4, 0.5) is 0 Å². The maximum absolute atomic E-state index is 12.4. The number of nitrogens with zero attached hydrogens (tertiary/aromatic N) is 3. The highest BCUT2D eigenvalue weighted by molar-refractivity contribution is 7.09. The zero-order valence-corrected chi connectivity index (χ0v) is 16.6. The molecule has 1 aromatic heterocycles. The van der Waals surface area contributed by atoms with E-state index in [1.807, 2.05) is 41.3 Å². The van der Waals surface area contributed by atoms with Crippen molar-refractivity contribution in [2.75, 3.05) is 26.2 Å². The minimum atomic E-state index is 0.0952. The molecule has 4 nitrogen and oxygen atoms in total. The first-order valence-corrected chi connectivity index (χ1v) is 9.99. The summed E-state index contributed by atoms with van der Waals surface area (Å²) in [7, 11) is 0. The fraction of sp³-hybridized carbons (Fsp3) is 0.429. The Morgan fingerprint density at radius 1 is 1.15 bits per heavy atom. The molecule has 0 unspecified atom stereocenters. The molecule has 0 atom stereocenters. The van der Waals surface area contributed by atoms with E-state index in [1.165, 1.54) is 5.01 Å². The van der Waals surface area contributed by atoms with Crippen molar-refractivity contribution in [1.82, 2.24) is 14.8 Å². The standard InChI is InChI=1S/C21H27N3OS/c1-21(2,3)18-16-26-19(22-18)15-23-11-13-24(14-12-23)20(25)10-9-17-7-5-4-6-8-17/h4-10,16H,11-15H2,1-3H3. The smallest absolute Gasteiger partial charge is 0.246 e. The average Bonchev–Trinajstić information content (AvgIpc) is 3.10. The molecule has 3 rings (SSSR count). The SMILES string of the molecule is CC(C)(C)c1csc(CN2CCN(C(=O)C=Cc3ccccc3)CC2)n1. The molecule has 1 aliphatic rings. The summed E-state index contributed by atoms with van der Waals surface area (Å²) >= 11 is 1.74. The summed E-state index contributed by atoms with van der Waals surface area (Å²) in [4.78, 5) is 21.5. The summed E-state index contributed by atoms with van der Waals surface area (Å²) in [6, 6.07) is 9.94. The highest BCUT2D eigenvalue weighted by atomic mass is 32.1. The Hall–Kier alpha value is -1.98. The molecule has 0 spiro atoms. The van der Waals surface area contributed by atoms with Gasteiger partial charge < -0.3 is 4.90 Å². The van der Waals surface area contributed by atoms with Crippen molar-refractivity contribution in [2.24, 2.45) is 0 Å². The summed E-state index contributed by atoms with van der Waals surface area (Å²) in [6.45, 7) is 10.8. The van der Waals surface area contributed by atoms with Crippen LogP contribution < -0.4 is 0 Å². The van der Waals surface area contributed by atoms with Gasteiger partial charge in [-0.05, 0) is 11.6 Å². The van der Waals surface area contributed by atoms with Crippen molar-refractivity contribution < 1.29 is 4.79 Å². The molecule has 2 heterocycles. The summed E-state index contributed by atoms with van der Waals surface area (Å²) < 4.78 is 0. The Balaban J connectivity index is 1.49. The molecule has 0 aliphatic carbocycles. The van der Waals surface area contributed by atoms with E-state index in [9.17, 15) is 4.79 Å². The first-order valence-electron chi connectivity index (χ1n) is 9.11. The van der Waals surface area contributed by atoms with Crippen LogP contribution in [-0.4, -0.2) is 46.9 Å². The van der Waals surface area contributed by atoms with Crippen molar-refractivity contribution in [3.63, 3.8) is 0 Å². The van der Waals surface area contributed by atoms with Crippen molar-refractivity contribution in [1.29, 1.82) is 0 Å². The Kier molecular flexibility index (Phi) is 5.89. The van der Waals surface area contributed by atoms with Crippen molar-refractivity contribution in [3.05, 3.63) is 58.1 Å². The zero-order valence-electron chi connectivity index (χ0n) is 15.8. The van der Waals surface area contributed by atoms with Gasteiger partial charge in [0.15, 0.2) is 0 Å². The maximum atomic E-state index is 12.4. The van der Waals surface area contributed by atoms with E-state index in [-0.39, 0.29) is 11.3 Å². The van der Waals surface area contributed by atoms with Crippen LogP contribution >= 0.6 is 11.3 Å².